The molecule has 0 unspecified atom stereocenters. The molecule has 0 spiro atoms. The van der Waals surface area contributed by atoms with Crippen LogP contribution in [0.2, 0.25) is 5.02 Å². The van der Waals surface area contributed by atoms with Crippen LogP contribution in [-0.2, 0) is 9.53 Å². The van der Waals surface area contributed by atoms with E-state index in [0.29, 0.717) is 52.1 Å². The van der Waals surface area contributed by atoms with Crippen molar-refractivity contribution in [3.8, 4) is 11.8 Å². The summed E-state index contributed by atoms with van der Waals surface area (Å²) in [5.74, 6) is -0.0525. The van der Waals surface area contributed by atoms with Crippen LogP contribution in [0.25, 0.3) is 17.3 Å². The van der Waals surface area contributed by atoms with Crippen molar-refractivity contribution in [2.75, 3.05) is 26.3 Å². The third kappa shape index (κ3) is 5.00. The van der Waals surface area contributed by atoms with Crippen LogP contribution in [0.4, 0.5) is 0 Å². The molecule has 1 aliphatic heterocycles. The smallest absolute Gasteiger partial charge is 0.273 e. The number of hydrogen-bond acceptors (Lipinski definition) is 5. The van der Waals surface area contributed by atoms with E-state index >= 15 is 0 Å². The van der Waals surface area contributed by atoms with Gasteiger partial charge in [-0.05, 0) is 47.4 Å². The lowest BCUT2D eigenvalue weighted by molar-refractivity contribution is -0.128. The van der Waals surface area contributed by atoms with Crippen LogP contribution in [0.1, 0.15) is 30.9 Å². The average Bonchev–Trinajstić information content (AvgIpc) is 3.16. The molecule has 1 aliphatic rings. The molecule has 1 amide bonds. The molecule has 6 nitrogen and oxygen atoms in total. The first-order valence-corrected chi connectivity index (χ1v) is 12.2. The fraction of sp³-hybridized carbons (Fsp3) is 0.269. The van der Waals surface area contributed by atoms with E-state index in [9.17, 15) is 14.9 Å². The SMILES string of the molecule is CC(C)c1ccc(-n2c(=O)/c(=C\c3ccc(Cl)cc3)s/c2=C(/C#N)C(=O)N2CCOCC2)cc1. The van der Waals surface area contributed by atoms with E-state index in [1.807, 2.05) is 36.4 Å². The van der Waals surface area contributed by atoms with Gasteiger partial charge in [0.05, 0.1) is 23.4 Å². The van der Waals surface area contributed by atoms with Gasteiger partial charge in [0.15, 0.2) is 5.57 Å². The molecule has 34 heavy (non-hydrogen) atoms. The van der Waals surface area contributed by atoms with E-state index in [-0.39, 0.29) is 11.1 Å². The van der Waals surface area contributed by atoms with Crippen LogP contribution in [-0.4, -0.2) is 41.7 Å². The van der Waals surface area contributed by atoms with Gasteiger partial charge in [-0.1, -0.05) is 49.7 Å². The third-order valence-electron chi connectivity index (χ3n) is 5.65. The molecule has 8 heteroatoms. The summed E-state index contributed by atoms with van der Waals surface area (Å²) in [6.45, 7) is 5.86. The largest absolute Gasteiger partial charge is 0.378 e. The highest BCUT2D eigenvalue weighted by molar-refractivity contribution is 7.07. The van der Waals surface area contributed by atoms with Crippen LogP contribution in [0, 0.1) is 11.3 Å². The number of aromatic nitrogens is 1. The van der Waals surface area contributed by atoms with Crippen LogP contribution in [0.3, 0.4) is 0 Å². The molecule has 0 saturated carbocycles. The Labute approximate surface area is 206 Å². The normalized spacial score (nSPS) is 15.4. The number of carbonyl (C=O) groups is 1. The maximum absolute atomic E-state index is 13.5. The predicted octanol–water partition coefficient (Wildman–Crippen LogP) is 3.04. The Bertz CT molecular complexity index is 1410. The molecule has 1 aromatic heterocycles. The zero-order chi connectivity index (χ0) is 24.2. The van der Waals surface area contributed by atoms with Gasteiger partial charge in [0.1, 0.15) is 10.7 Å². The number of benzene rings is 2. The Morgan fingerprint density at radius 3 is 2.35 bits per heavy atom. The zero-order valence-electron chi connectivity index (χ0n) is 19.0. The van der Waals surface area contributed by atoms with Crippen molar-refractivity contribution in [1.82, 2.24) is 9.47 Å². The Morgan fingerprint density at radius 2 is 1.76 bits per heavy atom. The lowest BCUT2D eigenvalue weighted by Crippen LogP contribution is -2.42. The lowest BCUT2D eigenvalue weighted by atomic mass is 10.0. The minimum absolute atomic E-state index is 0.0484. The predicted molar refractivity (Wildman–Crippen MR) is 135 cm³/mol. The van der Waals surface area contributed by atoms with Gasteiger partial charge in [0, 0.05) is 18.1 Å². The van der Waals surface area contributed by atoms with Gasteiger partial charge in [0.2, 0.25) is 0 Å². The van der Waals surface area contributed by atoms with Gasteiger partial charge in [-0.25, -0.2) is 0 Å². The first-order chi connectivity index (χ1) is 16.4. The number of carbonyl (C=O) groups excluding carboxylic acids is 1. The molecule has 1 saturated heterocycles. The van der Waals surface area contributed by atoms with Gasteiger partial charge >= 0.3 is 0 Å². The van der Waals surface area contributed by atoms with Crippen LogP contribution < -0.4 is 14.8 Å². The standard InChI is InChI=1S/C26H24ClN3O3S/c1-17(2)19-5-9-21(10-6-19)30-25(32)23(15-18-3-7-20(27)8-4-18)34-26(30)22(16-28)24(31)29-11-13-33-14-12-29/h3-10,15,17H,11-14H2,1-2H3/b23-15+,26-22-. The molecule has 4 rings (SSSR count). The highest BCUT2D eigenvalue weighted by Gasteiger charge is 2.24. The molecule has 0 aliphatic carbocycles. The van der Waals surface area contributed by atoms with Crippen LogP contribution >= 0.6 is 22.9 Å². The molecule has 2 aromatic carbocycles. The van der Waals surface area contributed by atoms with E-state index in [2.05, 4.69) is 19.9 Å². The number of ether oxygens (including phenoxy) is 1. The van der Waals surface area contributed by atoms with Crippen molar-refractivity contribution >= 4 is 40.5 Å². The molecule has 0 N–H and O–H groups in total. The second-order valence-corrected chi connectivity index (χ2v) is 9.71. The van der Waals surface area contributed by atoms with E-state index < -0.39 is 5.91 Å². The number of hydrogen-bond donors (Lipinski definition) is 0. The highest BCUT2D eigenvalue weighted by Crippen LogP contribution is 2.16. The van der Waals surface area contributed by atoms with Gasteiger partial charge in [-0.2, -0.15) is 5.26 Å². The molecule has 3 aromatic rings. The Balaban J connectivity index is 1.96. The fourth-order valence-electron chi connectivity index (χ4n) is 3.71. The van der Waals surface area contributed by atoms with Gasteiger partial charge in [0.25, 0.3) is 11.5 Å². The molecule has 1 fully saturated rings. The quantitative estimate of drug-likeness (QED) is 0.560. The number of halogens is 1. The third-order valence-corrected chi connectivity index (χ3v) is 6.99. The molecule has 0 atom stereocenters. The van der Waals surface area contributed by atoms with Gasteiger partial charge in [-0.3, -0.25) is 14.2 Å². The van der Waals surface area contributed by atoms with Crippen LogP contribution in [0.15, 0.2) is 53.3 Å². The molecular weight excluding hydrogens is 470 g/mol. The minimum atomic E-state index is -0.391. The summed E-state index contributed by atoms with van der Waals surface area (Å²) in [6, 6.07) is 16.8. The van der Waals surface area contributed by atoms with E-state index in [1.165, 1.54) is 4.57 Å². The van der Waals surface area contributed by atoms with Crippen LogP contribution in [0.5, 0.6) is 0 Å². The summed E-state index contributed by atoms with van der Waals surface area (Å²) in [5.41, 5.74) is 2.21. The van der Waals surface area contributed by atoms with Crippen molar-refractivity contribution in [2.45, 2.75) is 19.8 Å². The van der Waals surface area contributed by atoms with Crippen molar-refractivity contribution < 1.29 is 9.53 Å². The number of amides is 1. The van der Waals surface area contributed by atoms with Gasteiger partial charge in [-0.15, -0.1) is 11.3 Å². The average molecular weight is 494 g/mol. The second kappa shape index (κ2) is 10.4. The number of nitriles is 1. The summed E-state index contributed by atoms with van der Waals surface area (Å²) in [4.78, 5) is 28.4. The second-order valence-electron chi connectivity index (χ2n) is 8.25. The minimum Gasteiger partial charge on any atom is -0.378 e. The number of thiazole rings is 1. The maximum Gasteiger partial charge on any atom is 0.273 e. The first-order valence-electron chi connectivity index (χ1n) is 11.0. The Hall–Kier alpha value is -3.18. The molecular formula is C26H24ClN3O3S. The van der Waals surface area contributed by atoms with Gasteiger partial charge < -0.3 is 9.64 Å². The number of nitrogens with zero attached hydrogens (tertiary/aromatic N) is 3. The van der Waals surface area contributed by atoms with E-state index in [0.717, 1.165) is 22.5 Å². The molecule has 2 heterocycles. The van der Waals surface area contributed by atoms with E-state index in [4.69, 9.17) is 16.3 Å². The van der Waals surface area contributed by atoms with Crippen molar-refractivity contribution in [1.29, 1.82) is 5.26 Å². The van der Waals surface area contributed by atoms with E-state index in [1.54, 1.807) is 23.1 Å². The molecule has 0 bridgehead atoms. The Morgan fingerprint density at radius 1 is 1.12 bits per heavy atom. The van der Waals surface area contributed by atoms with Crippen molar-refractivity contribution in [3.05, 3.63) is 84.2 Å². The molecule has 174 valence electrons. The monoisotopic (exact) mass is 493 g/mol. The zero-order valence-corrected chi connectivity index (χ0v) is 20.5. The fourth-order valence-corrected chi connectivity index (χ4v) is 4.94. The first kappa shape index (κ1) is 24.0. The molecule has 0 radical (unpaired) electrons. The summed E-state index contributed by atoms with van der Waals surface area (Å²) in [6.07, 6.45) is 1.75. The summed E-state index contributed by atoms with van der Waals surface area (Å²) in [7, 11) is 0. The maximum atomic E-state index is 13.5. The number of morpholine rings is 1. The highest BCUT2D eigenvalue weighted by atomic mass is 35.5. The van der Waals surface area contributed by atoms with Crippen molar-refractivity contribution in [2.24, 2.45) is 0 Å². The summed E-state index contributed by atoms with van der Waals surface area (Å²) < 4.78 is 7.55. The topological polar surface area (TPSA) is 75.3 Å². The summed E-state index contributed by atoms with van der Waals surface area (Å²) in [5, 5.41) is 10.6. The summed E-state index contributed by atoms with van der Waals surface area (Å²) >= 11 is 7.13. The Kier molecular flexibility index (Phi) is 7.32. The number of rotatable bonds is 4. The lowest BCUT2D eigenvalue weighted by Gasteiger charge is -2.26. The van der Waals surface area contributed by atoms with Crippen molar-refractivity contribution in [3.63, 3.8) is 0 Å².